The summed E-state index contributed by atoms with van der Waals surface area (Å²) in [5.41, 5.74) is 2.24. The summed E-state index contributed by atoms with van der Waals surface area (Å²) in [6.07, 6.45) is 3.22. The smallest absolute Gasteiger partial charge is 0.254 e. The van der Waals surface area contributed by atoms with Crippen molar-refractivity contribution in [1.29, 1.82) is 0 Å². The van der Waals surface area contributed by atoms with Gasteiger partial charge in [0.05, 0.1) is 24.6 Å². The van der Waals surface area contributed by atoms with Crippen LogP contribution >= 0.6 is 11.6 Å². The monoisotopic (exact) mass is 341 g/mol. The number of benzene rings is 2. The number of para-hydroxylation sites is 1. The zero-order valence-electron chi connectivity index (χ0n) is 13.1. The minimum Gasteiger partial charge on any atom is -0.496 e. The summed E-state index contributed by atoms with van der Waals surface area (Å²) in [5.74, 6) is 0.552. The van der Waals surface area contributed by atoms with Crippen molar-refractivity contribution < 1.29 is 9.53 Å². The molecule has 1 heterocycles. The summed E-state index contributed by atoms with van der Waals surface area (Å²) in [4.78, 5) is 12.3. The van der Waals surface area contributed by atoms with E-state index in [4.69, 9.17) is 16.3 Å². The van der Waals surface area contributed by atoms with E-state index in [-0.39, 0.29) is 5.91 Å². The topological polar surface area (TPSA) is 56.1 Å². The minimum atomic E-state index is -0.193. The van der Waals surface area contributed by atoms with E-state index in [1.54, 1.807) is 30.1 Å². The molecule has 0 bridgehead atoms. The number of nitrogens with one attached hydrogen (secondary N) is 1. The Bertz CT molecular complexity index is 843. The highest BCUT2D eigenvalue weighted by Crippen LogP contribution is 2.17. The molecule has 0 aliphatic rings. The van der Waals surface area contributed by atoms with Crippen LogP contribution in [0.4, 0.5) is 0 Å². The number of hydrogen-bond acceptors (Lipinski definition) is 3. The van der Waals surface area contributed by atoms with E-state index in [1.807, 2.05) is 36.4 Å². The Hall–Kier alpha value is -2.79. The van der Waals surface area contributed by atoms with Gasteiger partial charge < -0.3 is 10.1 Å². The second kappa shape index (κ2) is 7.19. The van der Waals surface area contributed by atoms with Crippen LogP contribution in [-0.2, 0) is 6.54 Å². The van der Waals surface area contributed by atoms with Crippen LogP contribution in [0, 0.1) is 0 Å². The average Bonchev–Trinajstić information content (AvgIpc) is 3.10. The maximum absolute atomic E-state index is 12.3. The summed E-state index contributed by atoms with van der Waals surface area (Å²) in [6, 6.07) is 14.8. The van der Waals surface area contributed by atoms with Gasteiger partial charge in [0.25, 0.3) is 5.91 Å². The predicted octanol–water partition coefficient (Wildman–Crippen LogP) is 3.46. The second-order valence-corrected chi connectivity index (χ2v) is 5.58. The van der Waals surface area contributed by atoms with Crippen LogP contribution in [-0.4, -0.2) is 22.8 Å². The number of rotatable bonds is 5. The van der Waals surface area contributed by atoms with Gasteiger partial charge in [-0.1, -0.05) is 29.8 Å². The zero-order valence-corrected chi connectivity index (χ0v) is 13.8. The lowest BCUT2D eigenvalue weighted by molar-refractivity contribution is 0.0950. The van der Waals surface area contributed by atoms with Gasteiger partial charge in [-0.15, -0.1) is 0 Å². The molecule has 0 saturated carbocycles. The van der Waals surface area contributed by atoms with Crippen LogP contribution in [0.2, 0.25) is 5.02 Å². The number of carbonyl (C=O) groups excluding carboxylic acids is 1. The van der Waals surface area contributed by atoms with Crippen molar-refractivity contribution in [1.82, 2.24) is 15.1 Å². The van der Waals surface area contributed by atoms with Crippen molar-refractivity contribution >= 4 is 17.5 Å². The van der Waals surface area contributed by atoms with E-state index in [9.17, 15) is 4.79 Å². The number of methoxy groups -OCH3 is 1. The summed E-state index contributed by atoms with van der Waals surface area (Å²) >= 11 is 5.87. The van der Waals surface area contributed by atoms with Gasteiger partial charge in [0.1, 0.15) is 5.75 Å². The standard InChI is InChI=1S/C18H16ClN3O2/c1-24-17-5-3-2-4-13(17)10-20-18(23)14-11-21-22(12-14)16-8-6-15(19)7-9-16/h2-9,11-12H,10H2,1H3,(H,20,23). The quantitative estimate of drug-likeness (QED) is 0.773. The number of hydrogen-bond donors (Lipinski definition) is 1. The molecular formula is C18H16ClN3O2. The van der Waals surface area contributed by atoms with E-state index >= 15 is 0 Å². The molecule has 0 unspecified atom stereocenters. The SMILES string of the molecule is COc1ccccc1CNC(=O)c1cnn(-c2ccc(Cl)cc2)c1. The first-order chi connectivity index (χ1) is 11.7. The molecule has 0 fully saturated rings. The van der Waals surface area contributed by atoms with Crippen LogP contribution < -0.4 is 10.1 Å². The van der Waals surface area contributed by atoms with Gasteiger partial charge in [-0.05, 0) is 30.3 Å². The van der Waals surface area contributed by atoms with Crippen LogP contribution in [0.3, 0.4) is 0 Å². The Morgan fingerprint density at radius 1 is 1.21 bits per heavy atom. The maximum atomic E-state index is 12.3. The molecule has 0 atom stereocenters. The third kappa shape index (κ3) is 3.58. The molecule has 6 heteroatoms. The van der Waals surface area contributed by atoms with Crippen LogP contribution in [0.5, 0.6) is 5.75 Å². The van der Waals surface area contributed by atoms with E-state index in [2.05, 4.69) is 10.4 Å². The van der Waals surface area contributed by atoms with E-state index in [0.29, 0.717) is 17.1 Å². The fourth-order valence-corrected chi connectivity index (χ4v) is 2.43. The largest absolute Gasteiger partial charge is 0.496 e. The lowest BCUT2D eigenvalue weighted by Gasteiger charge is -2.08. The highest BCUT2D eigenvalue weighted by Gasteiger charge is 2.10. The third-order valence-corrected chi connectivity index (χ3v) is 3.82. The maximum Gasteiger partial charge on any atom is 0.254 e. The Balaban J connectivity index is 1.69. The van der Waals surface area contributed by atoms with Crippen molar-refractivity contribution in [3.8, 4) is 11.4 Å². The molecule has 24 heavy (non-hydrogen) atoms. The van der Waals surface area contributed by atoms with E-state index < -0.39 is 0 Å². The first-order valence-electron chi connectivity index (χ1n) is 7.38. The first-order valence-corrected chi connectivity index (χ1v) is 7.76. The molecule has 0 aliphatic carbocycles. The van der Waals surface area contributed by atoms with Gasteiger partial charge in [0, 0.05) is 23.3 Å². The molecule has 0 aliphatic heterocycles. The summed E-state index contributed by atoms with van der Waals surface area (Å²) < 4.78 is 6.91. The van der Waals surface area contributed by atoms with Gasteiger partial charge in [-0.2, -0.15) is 5.10 Å². The molecule has 5 nitrogen and oxygen atoms in total. The lowest BCUT2D eigenvalue weighted by atomic mass is 10.2. The van der Waals surface area contributed by atoms with E-state index in [1.165, 1.54) is 6.20 Å². The van der Waals surface area contributed by atoms with Crippen LogP contribution in [0.15, 0.2) is 60.9 Å². The normalized spacial score (nSPS) is 10.4. The Morgan fingerprint density at radius 2 is 1.96 bits per heavy atom. The molecular weight excluding hydrogens is 326 g/mol. The van der Waals surface area contributed by atoms with Crippen LogP contribution in [0.1, 0.15) is 15.9 Å². The number of halogens is 1. The highest BCUT2D eigenvalue weighted by atomic mass is 35.5. The lowest BCUT2D eigenvalue weighted by Crippen LogP contribution is -2.22. The number of amides is 1. The molecule has 3 aromatic rings. The van der Waals surface area contributed by atoms with E-state index in [0.717, 1.165) is 17.0 Å². The minimum absolute atomic E-state index is 0.193. The Labute approximate surface area is 144 Å². The Kier molecular flexibility index (Phi) is 4.82. The van der Waals surface area contributed by atoms with Crippen molar-refractivity contribution in [2.45, 2.75) is 6.54 Å². The molecule has 0 radical (unpaired) electrons. The fraction of sp³-hybridized carbons (Fsp3) is 0.111. The van der Waals surface area contributed by atoms with Gasteiger partial charge in [0.15, 0.2) is 0 Å². The zero-order chi connectivity index (χ0) is 16.9. The molecule has 1 aromatic heterocycles. The second-order valence-electron chi connectivity index (χ2n) is 5.14. The van der Waals surface area contributed by atoms with Crippen molar-refractivity contribution in [3.63, 3.8) is 0 Å². The molecule has 3 rings (SSSR count). The summed E-state index contributed by atoms with van der Waals surface area (Å²) in [7, 11) is 1.61. The highest BCUT2D eigenvalue weighted by molar-refractivity contribution is 6.30. The van der Waals surface area contributed by atoms with Crippen LogP contribution in [0.25, 0.3) is 5.69 Å². The number of ether oxygens (including phenoxy) is 1. The summed E-state index contributed by atoms with van der Waals surface area (Å²) in [5, 5.41) is 7.74. The first kappa shape index (κ1) is 16.1. The fourth-order valence-electron chi connectivity index (χ4n) is 2.30. The van der Waals surface area contributed by atoms with Gasteiger partial charge in [-0.25, -0.2) is 4.68 Å². The number of aromatic nitrogens is 2. The molecule has 0 saturated heterocycles. The third-order valence-electron chi connectivity index (χ3n) is 3.57. The van der Waals surface area contributed by atoms with Gasteiger partial charge >= 0.3 is 0 Å². The molecule has 1 N–H and O–H groups in total. The van der Waals surface area contributed by atoms with Crippen molar-refractivity contribution in [2.24, 2.45) is 0 Å². The number of nitrogens with zero attached hydrogens (tertiary/aromatic N) is 2. The molecule has 0 spiro atoms. The van der Waals surface area contributed by atoms with Crippen molar-refractivity contribution in [2.75, 3.05) is 7.11 Å². The molecule has 2 aromatic carbocycles. The Morgan fingerprint density at radius 3 is 2.71 bits per heavy atom. The van der Waals surface area contributed by atoms with Crippen molar-refractivity contribution in [3.05, 3.63) is 77.1 Å². The molecule has 122 valence electrons. The predicted molar refractivity (Wildman–Crippen MR) is 92.7 cm³/mol. The van der Waals surface area contributed by atoms with Gasteiger partial charge in [-0.3, -0.25) is 4.79 Å². The summed E-state index contributed by atoms with van der Waals surface area (Å²) in [6.45, 7) is 0.384. The van der Waals surface area contributed by atoms with Gasteiger partial charge in [0.2, 0.25) is 0 Å². The number of carbonyl (C=O) groups is 1. The molecule has 1 amide bonds. The average molecular weight is 342 g/mol.